The van der Waals surface area contributed by atoms with Crippen LogP contribution < -0.4 is 21.3 Å². The molecule has 0 aromatic carbocycles. The Hall–Kier alpha value is -2.85. The van der Waals surface area contributed by atoms with Crippen LogP contribution in [0, 0.1) is 0 Å². The molecule has 0 heterocycles. The largest absolute Gasteiger partial charge is 0.467 e. The number of alkyl carbamates (subject to hydrolysis) is 1. The SMILES string of the molecule is COC(=O)NCCCC[C@H](NC(=O)[C@H](C)NC(C)=O)C(=O)N[C@@H](C)C(=O)OC. The molecule has 0 aliphatic heterocycles. The first-order valence-corrected chi connectivity index (χ1v) is 8.89. The molecule has 0 aliphatic carbocycles. The van der Waals surface area contributed by atoms with Crippen LogP contribution in [0.15, 0.2) is 0 Å². The van der Waals surface area contributed by atoms with Crippen LogP contribution in [-0.2, 0) is 28.7 Å². The molecule has 11 nitrogen and oxygen atoms in total. The van der Waals surface area contributed by atoms with Gasteiger partial charge in [0.1, 0.15) is 18.1 Å². The zero-order valence-corrected chi connectivity index (χ0v) is 16.9. The summed E-state index contributed by atoms with van der Waals surface area (Å²) in [4.78, 5) is 58.3. The Bertz CT molecular complexity index is 568. The number of ether oxygens (including phenoxy) is 2. The van der Waals surface area contributed by atoms with E-state index in [4.69, 9.17) is 0 Å². The van der Waals surface area contributed by atoms with Crippen LogP contribution in [0.4, 0.5) is 4.79 Å². The summed E-state index contributed by atoms with van der Waals surface area (Å²) in [5, 5.41) is 9.99. The minimum Gasteiger partial charge on any atom is -0.467 e. The number of rotatable bonds is 11. The summed E-state index contributed by atoms with van der Waals surface area (Å²) in [6, 6.07) is -2.63. The maximum absolute atomic E-state index is 12.5. The van der Waals surface area contributed by atoms with Gasteiger partial charge in [0.25, 0.3) is 0 Å². The Kier molecular flexibility index (Phi) is 12.0. The Morgan fingerprint density at radius 3 is 2.00 bits per heavy atom. The number of amides is 4. The molecule has 0 fully saturated rings. The van der Waals surface area contributed by atoms with Gasteiger partial charge in [-0.25, -0.2) is 9.59 Å². The summed E-state index contributed by atoms with van der Waals surface area (Å²) in [5.74, 6) is -2.08. The molecule has 28 heavy (non-hydrogen) atoms. The van der Waals surface area contributed by atoms with E-state index in [1.165, 1.54) is 35.0 Å². The highest BCUT2D eigenvalue weighted by molar-refractivity contribution is 5.93. The van der Waals surface area contributed by atoms with E-state index in [-0.39, 0.29) is 12.3 Å². The lowest BCUT2D eigenvalue weighted by Crippen LogP contribution is -2.54. The highest BCUT2D eigenvalue weighted by Gasteiger charge is 2.26. The van der Waals surface area contributed by atoms with E-state index in [9.17, 15) is 24.0 Å². The van der Waals surface area contributed by atoms with E-state index in [0.29, 0.717) is 19.4 Å². The summed E-state index contributed by atoms with van der Waals surface area (Å²) in [5.41, 5.74) is 0. The molecule has 160 valence electrons. The molecular weight excluding hydrogens is 372 g/mol. The quantitative estimate of drug-likeness (QED) is 0.261. The standard InChI is InChI=1S/C17H30N4O7/c1-10(19-12(3)22)14(23)21-13(8-6-7-9-18-17(26)28-5)15(24)20-11(2)16(25)27-4/h10-11,13H,6-9H2,1-5H3,(H,18,26)(H,19,22)(H,20,24)(H,21,23)/t10-,11-,13-/m0/s1. The van der Waals surface area contributed by atoms with Crippen LogP contribution in [0.3, 0.4) is 0 Å². The van der Waals surface area contributed by atoms with E-state index < -0.39 is 42.0 Å². The molecule has 0 radical (unpaired) electrons. The van der Waals surface area contributed by atoms with Gasteiger partial charge in [-0.1, -0.05) is 0 Å². The monoisotopic (exact) mass is 402 g/mol. The fourth-order valence-corrected chi connectivity index (χ4v) is 2.22. The third-order valence-electron chi connectivity index (χ3n) is 3.73. The van der Waals surface area contributed by atoms with Gasteiger partial charge < -0.3 is 30.7 Å². The maximum Gasteiger partial charge on any atom is 0.406 e. The van der Waals surface area contributed by atoms with Crippen LogP contribution in [0.2, 0.25) is 0 Å². The van der Waals surface area contributed by atoms with Crippen molar-refractivity contribution in [1.82, 2.24) is 21.3 Å². The van der Waals surface area contributed by atoms with Crippen molar-refractivity contribution in [2.45, 2.75) is 58.2 Å². The number of carbonyl (C=O) groups excluding carboxylic acids is 5. The first kappa shape index (κ1) is 25.1. The van der Waals surface area contributed by atoms with Gasteiger partial charge in [-0.05, 0) is 33.1 Å². The normalized spacial score (nSPS) is 13.3. The molecule has 4 amide bonds. The van der Waals surface area contributed by atoms with Gasteiger partial charge in [0.05, 0.1) is 14.2 Å². The minimum atomic E-state index is -0.922. The zero-order chi connectivity index (χ0) is 21.7. The molecule has 4 N–H and O–H groups in total. The predicted octanol–water partition coefficient (Wildman–Crippen LogP) is -0.800. The number of esters is 1. The Morgan fingerprint density at radius 1 is 0.821 bits per heavy atom. The molecule has 0 rings (SSSR count). The summed E-state index contributed by atoms with van der Waals surface area (Å²) >= 11 is 0. The van der Waals surface area contributed by atoms with Crippen molar-refractivity contribution in [2.24, 2.45) is 0 Å². The second-order valence-corrected chi connectivity index (χ2v) is 6.15. The molecule has 11 heteroatoms. The predicted molar refractivity (Wildman–Crippen MR) is 99.1 cm³/mol. The highest BCUT2D eigenvalue weighted by Crippen LogP contribution is 2.03. The van der Waals surface area contributed by atoms with Gasteiger partial charge in [0.15, 0.2) is 0 Å². The summed E-state index contributed by atoms with van der Waals surface area (Å²) in [6.07, 6.45) is 0.756. The second kappa shape index (κ2) is 13.3. The molecule has 0 unspecified atom stereocenters. The van der Waals surface area contributed by atoms with E-state index in [1.54, 1.807) is 0 Å². The van der Waals surface area contributed by atoms with Crippen molar-refractivity contribution in [3.63, 3.8) is 0 Å². The van der Waals surface area contributed by atoms with E-state index in [0.717, 1.165) is 0 Å². The van der Waals surface area contributed by atoms with Crippen molar-refractivity contribution in [1.29, 1.82) is 0 Å². The molecule has 0 bridgehead atoms. The highest BCUT2D eigenvalue weighted by atomic mass is 16.5. The van der Waals surface area contributed by atoms with Gasteiger partial charge in [-0.3, -0.25) is 14.4 Å². The van der Waals surface area contributed by atoms with Gasteiger partial charge in [-0.2, -0.15) is 0 Å². The average Bonchev–Trinajstić information content (AvgIpc) is 2.64. The number of carbonyl (C=O) groups is 5. The third-order valence-corrected chi connectivity index (χ3v) is 3.73. The molecule has 3 atom stereocenters. The number of nitrogens with one attached hydrogen (secondary N) is 4. The van der Waals surface area contributed by atoms with Gasteiger partial charge in [-0.15, -0.1) is 0 Å². The number of hydrogen-bond acceptors (Lipinski definition) is 7. The second-order valence-electron chi connectivity index (χ2n) is 6.15. The maximum atomic E-state index is 12.5. The molecule has 0 saturated carbocycles. The fourth-order valence-electron chi connectivity index (χ4n) is 2.22. The van der Waals surface area contributed by atoms with Crippen LogP contribution in [-0.4, -0.2) is 68.7 Å². The molecule has 0 aromatic heterocycles. The lowest BCUT2D eigenvalue weighted by atomic mass is 10.1. The number of methoxy groups -OCH3 is 2. The van der Waals surface area contributed by atoms with Crippen LogP contribution in [0.25, 0.3) is 0 Å². The van der Waals surface area contributed by atoms with Gasteiger partial charge in [0, 0.05) is 13.5 Å². The molecule has 0 aromatic rings. The number of hydrogen-bond donors (Lipinski definition) is 4. The Balaban J connectivity index is 4.83. The van der Waals surface area contributed by atoms with Crippen molar-refractivity contribution < 1.29 is 33.4 Å². The van der Waals surface area contributed by atoms with Gasteiger partial charge in [0.2, 0.25) is 17.7 Å². The van der Waals surface area contributed by atoms with E-state index in [1.807, 2.05) is 0 Å². The van der Waals surface area contributed by atoms with Crippen molar-refractivity contribution in [3.8, 4) is 0 Å². The van der Waals surface area contributed by atoms with Crippen molar-refractivity contribution in [2.75, 3.05) is 20.8 Å². The number of unbranched alkanes of at least 4 members (excludes halogenated alkanes) is 1. The van der Waals surface area contributed by atoms with Crippen LogP contribution in [0.5, 0.6) is 0 Å². The smallest absolute Gasteiger partial charge is 0.406 e. The molecule has 0 spiro atoms. The third kappa shape index (κ3) is 10.3. The first-order chi connectivity index (χ1) is 13.1. The zero-order valence-electron chi connectivity index (χ0n) is 16.9. The van der Waals surface area contributed by atoms with Crippen LogP contribution >= 0.6 is 0 Å². The van der Waals surface area contributed by atoms with E-state index in [2.05, 4.69) is 30.7 Å². The fraction of sp³-hybridized carbons (Fsp3) is 0.706. The van der Waals surface area contributed by atoms with Crippen LogP contribution in [0.1, 0.15) is 40.0 Å². The molecule has 0 aliphatic rings. The summed E-state index contributed by atoms with van der Waals surface area (Å²) in [7, 11) is 2.46. The van der Waals surface area contributed by atoms with Crippen molar-refractivity contribution in [3.05, 3.63) is 0 Å². The van der Waals surface area contributed by atoms with E-state index >= 15 is 0 Å². The topological polar surface area (TPSA) is 152 Å². The van der Waals surface area contributed by atoms with Crippen molar-refractivity contribution >= 4 is 29.8 Å². The minimum absolute atomic E-state index is 0.265. The van der Waals surface area contributed by atoms with Gasteiger partial charge >= 0.3 is 12.1 Å². The Morgan fingerprint density at radius 2 is 1.46 bits per heavy atom. The average molecular weight is 402 g/mol. The lowest BCUT2D eigenvalue weighted by molar-refractivity contribution is -0.144. The molecule has 0 saturated heterocycles. The first-order valence-electron chi connectivity index (χ1n) is 8.89. The Labute approximate surface area is 164 Å². The molecular formula is C17H30N4O7. The summed E-state index contributed by atoms with van der Waals surface area (Å²) in [6.45, 7) is 4.57. The lowest BCUT2D eigenvalue weighted by Gasteiger charge is -2.22. The summed E-state index contributed by atoms with van der Waals surface area (Å²) < 4.78 is 9.02.